The summed E-state index contributed by atoms with van der Waals surface area (Å²) in [5.74, 6) is 0.155. The third kappa shape index (κ3) is 5.93. The van der Waals surface area contributed by atoms with Gasteiger partial charge >= 0.3 is 10.1 Å². The average molecular weight is 526 g/mol. The summed E-state index contributed by atoms with van der Waals surface area (Å²) in [6.07, 6.45) is 1.71. The number of aryl methyl sites for hydroxylation is 1. The highest BCUT2D eigenvalue weighted by Gasteiger charge is 2.32. The number of ether oxygens (including phenoxy) is 1. The number of rotatable bonds is 8. The van der Waals surface area contributed by atoms with Gasteiger partial charge in [-0.2, -0.15) is 8.42 Å². The van der Waals surface area contributed by atoms with Crippen LogP contribution >= 0.6 is 24.0 Å². The van der Waals surface area contributed by atoms with Gasteiger partial charge in [-0.15, -0.1) is 0 Å². The second-order valence-corrected chi connectivity index (χ2v) is 11.0. The van der Waals surface area contributed by atoms with Gasteiger partial charge in [-0.1, -0.05) is 78.1 Å². The Hall–Kier alpha value is -3.14. The van der Waals surface area contributed by atoms with Gasteiger partial charge in [0.15, 0.2) is 11.5 Å². The number of hydrogen-bond donors (Lipinski definition) is 0. The van der Waals surface area contributed by atoms with E-state index in [1.165, 1.54) is 30.0 Å². The molecule has 9 heteroatoms. The molecule has 1 aliphatic rings. The highest BCUT2D eigenvalue weighted by atomic mass is 32.2. The van der Waals surface area contributed by atoms with E-state index in [0.29, 0.717) is 27.9 Å². The topological polar surface area (TPSA) is 72.9 Å². The van der Waals surface area contributed by atoms with Crippen LogP contribution in [0.3, 0.4) is 0 Å². The number of thioether (sulfide) groups is 1. The maximum atomic E-state index is 13.0. The van der Waals surface area contributed by atoms with Gasteiger partial charge in [-0.25, -0.2) is 0 Å². The summed E-state index contributed by atoms with van der Waals surface area (Å²) in [5, 5.41) is 0. The SMILES string of the molecule is CCOc1cc(/C=C2\SC(=S)N(Cc3ccccc3)C2=O)ccc1OS(=O)(=O)c1ccc(C)cc1. The Labute approximate surface area is 214 Å². The molecule has 1 heterocycles. The zero-order valence-electron chi connectivity index (χ0n) is 19.1. The van der Waals surface area contributed by atoms with Gasteiger partial charge in [0.25, 0.3) is 5.91 Å². The third-order valence-electron chi connectivity index (χ3n) is 5.13. The summed E-state index contributed by atoms with van der Waals surface area (Å²) >= 11 is 6.66. The molecule has 0 atom stereocenters. The molecule has 1 fully saturated rings. The van der Waals surface area contributed by atoms with Gasteiger partial charge < -0.3 is 8.92 Å². The van der Waals surface area contributed by atoms with Crippen LogP contribution in [-0.2, 0) is 21.5 Å². The van der Waals surface area contributed by atoms with Crippen LogP contribution in [0.5, 0.6) is 11.5 Å². The fraction of sp³-hybridized carbons (Fsp3) is 0.154. The molecular formula is C26H23NO5S3. The quantitative estimate of drug-likeness (QED) is 0.216. The zero-order chi connectivity index (χ0) is 25.0. The number of benzene rings is 3. The third-order valence-corrected chi connectivity index (χ3v) is 7.76. The van der Waals surface area contributed by atoms with Gasteiger partial charge in [0.2, 0.25) is 0 Å². The van der Waals surface area contributed by atoms with E-state index in [0.717, 1.165) is 11.1 Å². The van der Waals surface area contributed by atoms with Crippen LogP contribution in [-0.4, -0.2) is 30.2 Å². The van der Waals surface area contributed by atoms with E-state index < -0.39 is 10.1 Å². The lowest BCUT2D eigenvalue weighted by Gasteiger charge is -2.14. The van der Waals surface area contributed by atoms with Crippen molar-refractivity contribution < 1.29 is 22.1 Å². The summed E-state index contributed by atoms with van der Waals surface area (Å²) in [6.45, 7) is 4.37. The van der Waals surface area contributed by atoms with Crippen LogP contribution in [0.1, 0.15) is 23.6 Å². The molecule has 0 N–H and O–H groups in total. The van der Waals surface area contributed by atoms with Crippen molar-refractivity contribution in [3.05, 3.63) is 94.4 Å². The smallest absolute Gasteiger partial charge is 0.339 e. The first-order valence-corrected chi connectivity index (χ1v) is 13.5. The average Bonchev–Trinajstić information content (AvgIpc) is 3.09. The fourth-order valence-corrected chi connectivity index (χ4v) is 5.57. The minimum absolute atomic E-state index is 0.0525. The lowest BCUT2D eigenvalue weighted by molar-refractivity contribution is -0.122. The molecule has 1 saturated heterocycles. The van der Waals surface area contributed by atoms with E-state index in [1.807, 2.05) is 37.3 Å². The number of amides is 1. The van der Waals surface area contributed by atoms with Crippen molar-refractivity contribution in [3.8, 4) is 11.5 Å². The van der Waals surface area contributed by atoms with Crippen molar-refractivity contribution in [2.24, 2.45) is 0 Å². The summed E-state index contributed by atoms with van der Waals surface area (Å²) in [7, 11) is -4.04. The number of carbonyl (C=O) groups excluding carboxylic acids is 1. The Bertz CT molecular complexity index is 1380. The molecule has 180 valence electrons. The van der Waals surface area contributed by atoms with Gasteiger partial charge in [0.1, 0.15) is 9.22 Å². The molecule has 0 unspecified atom stereocenters. The first-order chi connectivity index (χ1) is 16.8. The summed E-state index contributed by atoms with van der Waals surface area (Å²) in [4.78, 5) is 15.1. The van der Waals surface area contributed by atoms with Crippen LogP contribution in [0.25, 0.3) is 6.08 Å². The van der Waals surface area contributed by atoms with E-state index in [2.05, 4.69) is 0 Å². The van der Waals surface area contributed by atoms with Crippen LogP contribution in [0.15, 0.2) is 82.6 Å². The summed E-state index contributed by atoms with van der Waals surface area (Å²) in [5.41, 5.74) is 2.59. The zero-order valence-corrected chi connectivity index (χ0v) is 21.6. The molecule has 3 aromatic rings. The summed E-state index contributed by atoms with van der Waals surface area (Å²) < 4.78 is 37.0. The van der Waals surface area contributed by atoms with E-state index in [1.54, 1.807) is 42.2 Å². The van der Waals surface area contributed by atoms with Crippen molar-refractivity contribution in [2.75, 3.05) is 6.61 Å². The van der Waals surface area contributed by atoms with Crippen molar-refractivity contribution >= 4 is 50.4 Å². The number of hydrogen-bond acceptors (Lipinski definition) is 7. The number of thiocarbonyl (C=S) groups is 1. The lowest BCUT2D eigenvalue weighted by Crippen LogP contribution is -2.27. The second kappa shape index (κ2) is 10.6. The molecule has 0 aliphatic carbocycles. The highest BCUT2D eigenvalue weighted by Crippen LogP contribution is 2.36. The van der Waals surface area contributed by atoms with E-state index in [4.69, 9.17) is 21.1 Å². The Morgan fingerprint density at radius 2 is 1.71 bits per heavy atom. The maximum absolute atomic E-state index is 13.0. The van der Waals surface area contributed by atoms with Crippen molar-refractivity contribution in [1.29, 1.82) is 0 Å². The molecule has 3 aromatic carbocycles. The molecule has 1 aliphatic heterocycles. The Balaban J connectivity index is 1.57. The number of nitrogens with zero attached hydrogens (tertiary/aromatic N) is 1. The molecule has 0 aromatic heterocycles. The highest BCUT2D eigenvalue weighted by molar-refractivity contribution is 8.26. The first kappa shape index (κ1) is 25.0. The molecule has 6 nitrogen and oxygen atoms in total. The van der Waals surface area contributed by atoms with Crippen molar-refractivity contribution in [3.63, 3.8) is 0 Å². The predicted molar refractivity (Wildman–Crippen MR) is 142 cm³/mol. The van der Waals surface area contributed by atoms with Crippen LogP contribution in [0.4, 0.5) is 0 Å². The minimum Gasteiger partial charge on any atom is -0.490 e. The Kier molecular flexibility index (Phi) is 7.59. The molecule has 0 saturated carbocycles. The molecule has 1 amide bonds. The van der Waals surface area contributed by atoms with E-state index >= 15 is 0 Å². The van der Waals surface area contributed by atoms with E-state index in [9.17, 15) is 13.2 Å². The standard InChI is InChI=1S/C26H23NO5S3/c1-3-31-23-15-20(11-14-22(23)32-35(29,30)21-12-9-18(2)10-13-21)16-24-25(28)27(26(33)34-24)17-19-7-5-4-6-8-19/h4-16H,3,17H2,1-2H3/b24-16-. The molecule has 4 rings (SSSR count). The molecule has 35 heavy (non-hydrogen) atoms. The molecular weight excluding hydrogens is 502 g/mol. The van der Waals surface area contributed by atoms with Crippen LogP contribution in [0.2, 0.25) is 0 Å². The molecule has 0 spiro atoms. The first-order valence-electron chi connectivity index (χ1n) is 10.8. The predicted octanol–water partition coefficient (Wildman–Crippen LogP) is 5.56. The number of carbonyl (C=O) groups is 1. The van der Waals surface area contributed by atoms with Gasteiger partial charge in [-0.05, 0) is 55.3 Å². The van der Waals surface area contributed by atoms with Crippen molar-refractivity contribution in [1.82, 2.24) is 4.90 Å². The monoisotopic (exact) mass is 525 g/mol. The second-order valence-electron chi connectivity index (χ2n) is 7.74. The summed E-state index contributed by atoms with van der Waals surface area (Å²) in [6, 6.07) is 20.9. The van der Waals surface area contributed by atoms with Gasteiger partial charge in [-0.3, -0.25) is 9.69 Å². The molecule has 0 bridgehead atoms. The van der Waals surface area contributed by atoms with E-state index in [-0.39, 0.29) is 22.3 Å². The Morgan fingerprint density at radius 1 is 1.00 bits per heavy atom. The Morgan fingerprint density at radius 3 is 2.40 bits per heavy atom. The van der Waals surface area contributed by atoms with Crippen LogP contribution in [0, 0.1) is 6.92 Å². The normalized spacial score (nSPS) is 15.0. The minimum atomic E-state index is -4.04. The fourth-order valence-electron chi connectivity index (χ4n) is 3.38. The van der Waals surface area contributed by atoms with Gasteiger partial charge in [0, 0.05) is 0 Å². The lowest BCUT2D eigenvalue weighted by atomic mass is 10.1. The van der Waals surface area contributed by atoms with Crippen LogP contribution < -0.4 is 8.92 Å². The van der Waals surface area contributed by atoms with Crippen molar-refractivity contribution in [2.45, 2.75) is 25.3 Å². The molecule has 0 radical (unpaired) electrons. The van der Waals surface area contributed by atoms with Gasteiger partial charge in [0.05, 0.1) is 18.1 Å². The largest absolute Gasteiger partial charge is 0.490 e. The maximum Gasteiger partial charge on any atom is 0.339 e.